The highest BCUT2D eigenvalue weighted by atomic mass is 32.2. The number of rotatable bonds is 6. The summed E-state index contributed by atoms with van der Waals surface area (Å²) in [5, 5.41) is 14.4. The number of carboxylic acids is 1. The van der Waals surface area contributed by atoms with Gasteiger partial charge in [0.05, 0.1) is 5.69 Å². The smallest absolute Gasteiger partial charge is 0.402 e. The second-order valence-corrected chi connectivity index (χ2v) is 6.16. The predicted molar refractivity (Wildman–Crippen MR) is 65.4 cm³/mol. The van der Waals surface area contributed by atoms with Crippen LogP contribution in [0.25, 0.3) is 0 Å². The Bertz CT molecular complexity index is 624. The van der Waals surface area contributed by atoms with Crippen molar-refractivity contribution in [2.75, 3.05) is 13.1 Å². The molecule has 0 fully saturated rings. The van der Waals surface area contributed by atoms with E-state index in [4.69, 9.17) is 5.11 Å². The van der Waals surface area contributed by atoms with Crippen molar-refractivity contribution >= 4 is 16.0 Å². The summed E-state index contributed by atoms with van der Waals surface area (Å²) < 4.78 is 62.4. The maximum absolute atomic E-state index is 12.5. The monoisotopic (exact) mass is 329 g/mol. The van der Waals surface area contributed by atoms with Crippen LogP contribution in [-0.4, -0.2) is 53.3 Å². The van der Waals surface area contributed by atoms with Crippen LogP contribution in [0.1, 0.15) is 29.5 Å². The highest BCUT2D eigenvalue weighted by Gasteiger charge is 2.39. The Morgan fingerprint density at radius 2 is 2.00 bits per heavy atom. The van der Waals surface area contributed by atoms with Gasteiger partial charge in [0, 0.05) is 6.54 Å². The van der Waals surface area contributed by atoms with Gasteiger partial charge in [-0.25, -0.2) is 13.2 Å². The fourth-order valence-electron chi connectivity index (χ4n) is 1.74. The SMILES string of the molecule is CCCN(CC(F)(F)F)S(=O)(=O)c1c(C(=O)O)n[nH]c1C. The lowest BCUT2D eigenvalue weighted by Gasteiger charge is -2.22. The first-order valence-electron chi connectivity index (χ1n) is 5.86. The van der Waals surface area contributed by atoms with Crippen molar-refractivity contribution in [3.8, 4) is 0 Å². The Labute approximate surface area is 118 Å². The number of sulfonamides is 1. The van der Waals surface area contributed by atoms with Crippen LogP contribution in [0.15, 0.2) is 4.90 Å². The van der Waals surface area contributed by atoms with Crippen LogP contribution in [0, 0.1) is 6.92 Å². The number of aromatic carboxylic acids is 1. The maximum atomic E-state index is 12.5. The molecule has 0 saturated heterocycles. The zero-order valence-corrected chi connectivity index (χ0v) is 12.0. The van der Waals surface area contributed by atoms with E-state index in [1.807, 2.05) is 0 Å². The number of halogens is 3. The standard InChI is InChI=1S/C10H14F3N3O4S/c1-3-4-16(5-10(11,12)13)21(19,20)8-6(2)14-15-7(8)9(17)18/h3-5H2,1-2H3,(H,14,15)(H,17,18). The number of hydrogen-bond donors (Lipinski definition) is 2. The zero-order chi connectivity index (χ0) is 16.4. The molecule has 0 radical (unpaired) electrons. The Balaban J connectivity index is 3.36. The molecule has 1 rings (SSSR count). The number of alkyl halides is 3. The van der Waals surface area contributed by atoms with E-state index in [9.17, 15) is 26.4 Å². The van der Waals surface area contributed by atoms with Crippen LogP contribution in [0.4, 0.5) is 13.2 Å². The molecule has 2 N–H and O–H groups in total. The minimum absolute atomic E-state index is 0.129. The predicted octanol–water partition coefficient (Wildman–Crippen LogP) is 1.38. The minimum atomic E-state index is -4.73. The molecule has 0 aromatic carbocycles. The van der Waals surface area contributed by atoms with Crippen molar-refractivity contribution in [1.29, 1.82) is 0 Å². The molecule has 0 spiro atoms. The second kappa shape index (κ2) is 6.02. The number of aromatic amines is 1. The summed E-state index contributed by atoms with van der Waals surface area (Å²) in [5.74, 6) is -1.64. The summed E-state index contributed by atoms with van der Waals surface area (Å²) in [7, 11) is -4.62. The molecule has 1 aromatic heterocycles. The molecule has 0 saturated carbocycles. The fraction of sp³-hybridized carbons (Fsp3) is 0.600. The van der Waals surface area contributed by atoms with Gasteiger partial charge in [-0.1, -0.05) is 6.92 Å². The van der Waals surface area contributed by atoms with E-state index < -0.39 is 39.3 Å². The van der Waals surface area contributed by atoms with Gasteiger partial charge >= 0.3 is 12.1 Å². The van der Waals surface area contributed by atoms with Crippen LogP contribution < -0.4 is 0 Å². The number of carbonyl (C=O) groups is 1. The van der Waals surface area contributed by atoms with E-state index in [0.29, 0.717) is 0 Å². The average molecular weight is 329 g/mol. The molecule has 0 amide bonds. The number of nitrogens with one attached hydrogen (secondary N) is 1. The fourth-order valence-corrected chi connectivity index (χ4v) is 3.55. The van der Waals surface area contributed by atoms with E-state index in [1.54, 1.807) is 0 Å². The topological polar surface area (TPSA) is 103 Å². The normalized spacial score (nSPS) is 12.9. The third kappa shape index (κ3) is 3.94. The van der Waals surface area contributed by atoms with E-state index >= 15 is 0 Å². The summed E-state index contributed by atoms with van der Waals surface area (Å²) in [4.78, 5) is 10.2. The van der Waals surface area contributed by atoms with Crippen LogP contribution in [0.5, 0.6) is 0 Å². The van der Waals surface area contributed by atoms with Crippen molar-refractivity contribution < 1.29 is 31.5 Å². The van der Waals surface area contributed by atoms with E-state index in [0.717, 1.165) is 0 Å². The molecule has 120 valence electrons. The third-order valence-electron chi connectivity index (χ3n) is 2.52. The summed E-state index contributed by atoms with van der Waals surface area (Å²) in [5.41, 5.74) is -0.952. The maximum Gasteiger partial charge on any atom is 0.402 e. The van der Waals surface area contributed by atoms with Crippen molar-refractivity contribution in [2.24, 2.45) is 0 Å². The van der Waals surface area contributed by atoms with Crippen molar-refractivity contribution in [3.63, 3.8) is 0 Å². The molecule has 11 heteroatoms. The molecule has 7 nitrogen and oxygen atoms in total. The summed E-state index contributed by atoms with van der Waals surface area (Å²) in [6, 6.07) is 0. The molecular formula is C10H14F3N3O4S. The molecule has 0 unspecified atom stereocenters. The minimum Gasteiger partial charge on any atom is -0.476 e. The van der Waals surface area contributed by atoms with Crippen LogP contribution in [0.2, 0.25) is 0 Å². The zero-order valence-electron chi connectivity index (χ0n) is 11.2. The first-order chi connectivity index (χ1) is 9.50. The van der Waals surface area contributed by atoms with Gasteiger partial charge < -0.3 is 5.11 Å². The largest absolute Gasteiger partial charge is 0.476 e. The summed E-state index contributed by atoms with van der Waals surface area (Å²) >= 11 is 0. The molecular weight excluding hydrogens is 315 g/mol. The Morgan fingerprint density at radius 3 is 2.43 bits per heavy atom. The molecule has 1 aromatic rings. The van der Waals surface area contributed by atoms with E-state index in [2.05, 4.69) is 10.2 Å². The molecule has 0 aliphatic carbocycles. The number of aromatic nitrogens is 2. The molecule has 21 heavy (non-hydrogen) atoms. The highest BCUT2D eigenvalue weighted by molar-refractivity contribution is 7.89. The van der Waals surface area contributed by atoms with Crippen LogP contribution in [0.3, 0.4) is 0 Å². The molecule has 0 atom stereocenters. The summed E-state index contributed by atoms with van der Waals surface area (Å²) in [6.45, 7) is 0.668. The first-order valence-corrected chi connectivity index (χ1v) is 7.30. The van der Waals surface area contributed by atoms with Gasteiger partial charge in [-0.2, -0.15) is 22.6 Å². The van der Waals surface area contributed by atoms with E-state index in [-0.39, 0.29) is 23.0 Å². The van der Waals surface area contributed by atoms with E-state index in [1.165, 1.54) is 13.8 Å². The lowest BCUT2D eigenvalue weighted by atomic mass is 10.4. The Hall–Kier alpha value is -1.62. The molecule has 1 heterocycles. The van der Waals surface area contributed by atoms with Gasteiger partial charge in [0.15, 0.2) is 5.69 Å². The molecule has 0 aliphatic heterocycles. The Kier molecular flexibility index (Phi) is 4.99. The van der Waals surface area contributed by atoms with Crippen LogP contribution in [-0.2, 0) is 10.0 Å². The molecule has 0 aliphatic rings. The summed E-state index contributed by atoms with van der Waals surface area (Å²) in [6.07, 6.45) is -4.59. The van der Waals surface area contributed by atoms with Gasteiger partial charge in [0.1, 0.15) is 11.4 Å². The quantitative estimate of drug-likeness (QED) is 0.820. The van der Waals surface area contributed by atoms with Gasteiger partial charge in [0.25, 0.3) is 0 Å². The number of aryl methyl sites for hydroxylation is 1. The van der Waals surface area contributed by atoms with Gasteiger partial charge in [-0.05, 0) is 13.3 Å². The second-order valence-electron chi connectivity index (χ2n) is 4.29. The number of nitrogens with zero attached hydrogens (tertiary/aromatic N) is 2. The van der Waals surface area contributed by atoms with Gasteiger partial charge in [-0.15, -0.1) is 0 Å². The number of carboxylic acid groups (broad SMARTS) is 1. The lowest BCUT2D eigenvalue weighted by Crippen LogP contribution is -2.40. The van der Waals surface area contributed by atoms with Gasteiger partial charge in [0.2, 0.25) is 10.0 Å². The highest BCUT2D eigenvalue weighted by Crippen LogP contribution is 2.26. The number of hydrogen-bond acceptors (Lipinski definition) is 4. The third-order valence-corrected chi connectivity index (χ3v) is 4.53. The lowest BCUT2D eigenvalue weighted by molar-refractivity contribution is -0.136. The van der Waals surface area contributed by atoms with Crippen LogP contribution >= 0.6 is 0 Å². The Morgan fingerprint density at radius 1 is 1.43 bits per heavy atom. The van der Waals surface area contributed by atoms with Crippen molar-refractivity contribution in [3.05, 3.63) is 11.4 Å². The number of H-pyrrole nitrogens is 1. The molecule has 0 bridgehead atoms. The first kappa shape index (κ1) is 17.4. The van der Waals surface area contributed by atoms with Gasteiger partial charge in [-0.3, -0.25) is 5.10 Å². The van der Waals surface area contributed by atoms with Crippen molar-refractivity contribution in [2.45, 2.75) is 31.3 Å². The van der Waals surface area contributed by atoms with Crippen molar-refractivity contribution in [1.82, 2.24) is 14.5 Å². The average Bonchev–Trinajstić information content (AvgIpc) is 2.69.